The number of nitrogens with zero attached hydrogens (tertiary/aromatic N) is 2. The van der Waals surface area contributed by atoms with E-state index < -0.39 is 0 Å². The van der Waals surface area contributed by atoms with E-state index in [0.29, 0.717) is 17.4 Å². The summed E-state index contributed by atoms with van der Waals surface area (Å²) in [4.78, 5) is 23.7. The molecule has 8 nitrogen and oxygen atoms in total. The van der Waals surface area contributed by atoms with E-state index in [1.54, 1.807) is 0 Å². The van der Waals surface area contributed by atoms with Gasteiger partial charge in [-0.1, -0.05) is 18.2 Å². The van der Waals surface area contributed by atoms with Crippen molar-refractivity contribution in [3.05, 3.63) is 54.2 Å². The quantitative estimate of drug-likeness (QED) is 0.573. The van der Waals surface area contributed by atoms with E-state index in [9.17, 15) is 4.79 Å². The van der Waals surface area contributed by atoms with Gasteiger partial charge in [-0.05, 0) is 62.2 Å². The van der Waals surface area contributed by atoms with E-state index in [1.807, 2.05) is 48.5 Å². The Labute approximate surface area is 173 Å². The maximum atomic E-state index is 12.9. The van der Waals surface area contributed by atoms with Crippen molar-refractivity contribution in [3.63, 3.8) is 0 Å². The number of para-hydroxylation sites is 1. The van der Waals surface area contributed by atoms with Gasteiger partial charge in [0.1, 0.15) is 11.5 Å². The second kappa shape index (κ2) is 8.96. The van der Waals surface area contributed by atoms with Gasteiger partial charge in [0, 0.05) is 18.0 Å². The molecule has 1 amide bonds. The largest absolute Gasteiger partial charge is 0.483 e. The summed E-state index contributed by atoms with van der Waals surface area (Å²) >= 11 is 0. The second-order valence-corrected chi connectivity index (χ2v) is 7.52. The van der Waals surface area contributed by atoms with Crippen LogP contribution in [0.2, 0.25) is 0 Å². The average Bonchev–Trinajstić information content (AvgIpc) is 3.19. The van der Waals surface area contributed by atoms with Gasteiger partial charge < -0.3 is 20.1 Å². The highest BCUT2D eigenvalue weighted by Crippen LogP contribution is 2.29. The lowest BCUT2D eigenvalue weighted by Gasteiger charge is -2.44. The molecule has 3 saturated heterocycles. The van der Waals surface area contributed by atoms with Gasteiger partial charge in [-0.2, -0.15) is 5.10 Å². The number of H-pyrrole nitrogens is 1. The number of carbonyl (C=O) groups is 2. The highest BCUT2D eigenvalue weighted by molar-refractivity contribution is 6.05. The summed E-state index contributed by atoms with van der Waals surface area (Å²) in [7, 11) is 0. The average molecular weight is 408 g/mol. The molecule has 3 aromatic rings. The third-order valence-electron chi connectivity index (χ3n) is 5.70. The maximum Gasteiger partial charge on any atom is 0.290 e. The summed E-state index contributed by atoms with van der Waals surface area (Å²) in [6.07, 6.45) is 2.34. The minimum Gasteiger partial charge on any atom is -0.483 e. The predicted molar refractivity (Wildman–Crippen MR) is 112 cm³/mol. The Morgan fingerprint density at radius 2 is 1.90 bits per heavy atom. The van der Waals surface area contributed by atoms with E-state index >= 15 is 0 Å². The Bertz CT molecular complexity index is 1010. The van der Waals surface area contributed by atoms with Crippen molar-refractivity contribution >= 4 is 23.3 Å². The van der Waals surface area contributed by atoms with Gasteiger partial charge in [-0.25, -0.2) is 0 Å². The zero-order valence-corrected chi connectivity index (χ0v) is 16.5. The second-order valence-electron chi connectivity index (χ2n) is 7.52. The van der Waals surface area contributed by atoms with Crippen LogP contribution >= 0.6 is 0 Å². The zero-order valence-electron chi connectivity index (χ0n) is 16.5. The third-order valence-corrected chi connectivity index (χ3v) is 5.70. The van der Waals surface area contributed by atoms with Crippen molar-refractivity contribution in [1.82, 2.24) is 20.4 Å². The molecule has 3 aliphatic rings. The number of carbonyl (C=O) groups excluding carboxylic acids is 1. The van der Waals surface area contributed by atoms with Gasteiger partial charge >= 0.3 is 0 Å². The standard InChI is InChI=1S/C21H22N4O2.CH2O2/c26-21(22-19-13-25-10-8-14(19)9-11-25)20-17-12-16(6-7-18(17)23-24-20)27-15-4-2-1-3-5-15;2-1-3/h1-7,12,14,19H,8-11,13H2,(H,22,26)(H,23,24);1H,(H,2,3)/t19-;/m0./s1. The molecule has 156 valence electrons. The van der Waals surface area contributed by atoms with E-state index in [4.69, 9.17) is 14.6 Å². The molecule has 3 aliphatic heterocycles. The minimum atomic E-state index is -0.250. The summed E-state index contributed by atoms with van der Waals surface area (Å²) in [6.45, 7) is 3.01. The number of fused-ring (bicyclic) bond motifs is 4. The molecule has 0 saturated carbocycles. The van der Waals surface area contributed by atoms with Crippen LogP contribution < -0.4 is 10.1 Å². The fourth-order valence-corrected chi connectivity index (χ4v) is 4.22. The Balaban J connectivity index is 0.000000687. The number of hydrogen-bond acceptors (Lipinski definition) is 5. The lowest BCUT2D eigenvalue weighted by molar-refractivity contribution is -0.122. The molecule has 1 aromatic heterocycles. The summed E-state index contributed by atoms with van der Waals surface area (Å²) in [5, 5.41) is 18.1. The number of benzene rings is 2. The van der Waals surface area contributed by atoms with E-state index in [1.165, 1.54) is 12.8 Å². The maximum absolute atomic E-state index is 12.9. The first kappa shape index (κ1) is 19.9. The van der Waals surface area contributed by atoms with Gasteiger partial charge in [0.15, 0.2) is 5.69 Å². The highest BCUT2D eigenvalue weighted by Gasteiger charge is 2.35. The monoisotopic (exact) mass is 408 g/mol. The number of rotatable bonds is 4. The van der Waals surface area contributed by atoms with Crippen LogP contribution in [0.5, 0.6) is 11.5 Å². The number of aromatic nitrogens is 2. The number of aromatic amines is 1. The fraction of sp³-hybridized carbons (Fsp3) is 0.318. The molecule has 3 fully saturated rings. The smallest absolute Gasteiger partial charge is 0.290 e. The number of ether oxygens (including phenoxy) is 1. The van der Waals surface area contributed by atoms with Crippen LogP contribution in [0.1, 0.15) is 23.3 Å². The number of amides is 1. The minimum absolute atomic E-state index is 0.114. The Morgan fingerprint density at radius 3 is 2.57 bits per heavy atom. The van der Waals surface area contributed by atoms with Crippen LogP contribution in [0, 0.1) is 5.92 Å². The molecular weight excluding hydrogens is 384 g/mol. The van der Waals surface area contributed by atoms with Crippen molar-refractivity contribution in [1.29, 1.82) is 0 Å². The van der Waals surface area contributed by atoms with E-state index in [-0.39, 0.29) is 18.4 Å². The normalized spacial score (nSPS) is 22.1. The number of piperidine rings is 3. The predicted octanol–water partition coefficient (Wildman–Crippen LogP) is 2.88. The van der Waals surface area contributed by atoms with Crippen LogP contribution in [0.15, 0.2) is 48.5 Å². The summed E-state index contributed by atoms with van der Waals surface area (Å²) in [5.41, 5.74) is 1.26. The van der Waals surface area contributed by atoms with Crippen molar-refractivity contribution in [2.45, 2.75) is 18.9 Å². The lowest BCUT2D eigenvalue weighted by Crippen LogP contribution is -2.57. The first-order valence-electron chi connectivity index (χ1n) is 10.00. The summed E-state index contributed by atoms with van der Waals surface area (Å²) < 4.78 is 5.90. The third kappa shape index (κ3) is 4.28. The lowest BCUT2D eigenvalue weighted by atomic mass is 9.84. The van der Waals surface area contributed by atoms with Gasteiger partial charge in [-0.3, -0.25) is 14.7 Å². The van der Waals surface area contributed by atoms with Crippen LogP contribution in [-0.4, -0.2) is 58.3 Å². The molecular formula is C22H24N4O4. The molecule has 1 atom stereocenters. The molecule has 0 spiro atoms. The molecule has 3 N–H and O–H groups in total. The van der Waals surface area contributed by atoms with Gasteiger partial charge in [0.2, 0.25) is 0 Å². The van der Waals surface area contributed by atoms with Crippen LogP contribution in [-0.2, 0) is 4.79 Å². The van der Waals surface area contributed by atoms with Crippen LogP contribution in [0.25, 0.3) is 10.9 Å². The van der Waals surface area contributed by atoms with Crippen LogP contribution in [0.3, 0.4) is 0 Å². The SMILES string of the molecule is O=C(N[C@H]1CN2CCC1CC2)c1n[nH]c2ccc(Oc3ccccc3)cc12.O=CO. The number of hydrogen-bond donors (Lipinski definition) is 3. The Morgan fingerprint density at radius 1 is 1.17 bits per heavy atom. The molecule has 0 aliphatic carbocycles. The Hall–Kier alpha value is -3.39. The van der Waals surface area contributed by atoms with E-state index in [0.717, 1.165) is 36.3 Å². The fourth-order valence-electron chi connectivity index (χ4n) is 4.22. The van der Waals surface area contributed by atoms with Gasteiger partial charge in [0.25, 0.3) is 12.4 Å². The number of carboxylic acid groups (broad SMARTS) is 1. The summed E-state index contributed by atoms with van der Waals surface area (Å²) in [6, 6.07) is 15.5. The molecule has 0 radical (unpaired) electrons. The zero-order chi connectivity index (χ0) is 20.9. The molecule has 0 unspecified atom stereocenters. The molecule has 30 heavy (non-hydrogen) atoms. The Kier molecular flexibility index (Phi) is 5.94. The van der Waals surface area contributed by atoms with E-state index in [2.05, 4.69) is 20.4 Å². The first-order valence-corrected chi connectivity index (χ1v) is 10.00. The van der Waals surface area contributed by atoms with Gasteiger partial charge in [-0.15, -0.1) is 0 Å². The van der Waals surface area contributed by atoms with Crippen molar-refractivity contribution in [3.8, 4) is 11.5 Å². The highest BCUT2D eigenvalue weighted by atomic mass is 16.5. The molecule has 6 rings (SSSR count). The summed E-state index contributed by atoms with van der Waals surface area (Å²) in [5.74, 6) is 1.92. The van der Waals surface area contributed by atoms with Crippen molar-refractivity contribution in [2.24, 2.45) is 5.92 Å². The molecule has 2 aromatic carbocycles. The topological polar surface area (TPSA) is 108 Å². The number of nitrogens with one attached hydrogen (secondary N) is 2. The molecule has 4 heterocycles. The van der Waals surface area contributed by atoms with Crippen LogP contribution in [0.4, 0.5) is 0 Å². The van der Waals surface area contributed by atoms with Gasteiger partial charge in [0.05, 0.1) is 5.52 Å². The molecule has 2 bridgehead atoms. The first-order chi connectivity index (χ1) is 14.7. The van der Waals surface area contributed by atoms with Crippen molar-refractivity contribution < 1.29 is 19.4 Å². The molecule has 8 heteroatoms. The van der Waals surface area contributed by atoms with Crippen molar-refractivity contribution in [2.75, 3.05) is 19.6 Å².